The largest absolute Gasteiger partial charge is 0.486 e. The molecule has 5 rings (SSSR count). The Morgan fingerprint density at radius 3 is 2.70 bits per heavy atom. The van der Waals surface area contributed by atoms with Crippen LogP contribution in [0.25, 0.3) is 20.7 Å². The van der Waals surface area contributed by atoms with Crippen LogP contribution in [0.2, 0.25) is 0 Å². The number of hydrogen-bond acceptors (Lipinski definition) is 5. The van der Waals surface area contributed by atoms with Gasteiger partial charge in [0.2, 0.25) is 0 Å². The summed E-state index contributed by atoms with van der Waals surface area (Å²) in [6.45, 7) is 0.799. The molecule has 0 spiro atoms. The van der Waals surface area contributed by atoms with Gasteiger partial charge in [-0.05, 0) is 23.8 Å². The minimum absolute atomic E-state index is 0.0547. The van der Waals surface area contributed by atoms with Gasteiger partial charge in [0, 0.05) is 4.88 Å². The maximum absolute atomic E-state index is 12.9. The Kier molecular flexibility index (Phi) is 3.90. The number of aromatic nitrogens is 2. The van der Waals surface area contributed by atoms with Gasteiger partial charge in [-0.15, -0.1) is 11.3 Å². The zero-order chi connectivity index (χ0) is 18.2. The first kappa shape index (κ1) is 16.1. The summed E-state index contributed by atoms with van der Waals surface area (Å²) in [5.74, 6) is 1.44. The van der Waals surface area contributed by atoms with Crippen molar-refractivity contribution in [3.05, 3.63) is 77.3 Å². The minimum Gasteiger partial charge on any atom is -0.486 e. The van der Waals surface area contributed by atoms with Gasteiger partial charge in [-0.2, -0.15) is 0 Å². The predicted octanol–water partition coefficient (Wildman–Crippen LogP) is 3.97. The van der Waals surface area contributed by atoms with Crippen molar-refractivity contribution in [2.45, 2.75) is 12.6 Å². The van der Waals surface area contributed by atoms with Crippen molar-refractivity contribution in [1.82, 2.24) is 9.55 Å². The maximum atomic E-state index is 12.9. The summed E-state index contributed by atoms with van der Waals surface area (Å²) < 4.78 is 13.3. The Labute approximate surface area is 159 Å². The Balaban J connectivity index is 1.45. The second-order valence-electron chi connectivity index (χ2n) is 6.40. The van der Waals surface area contributed by atoms with Crippen LogP contribution in [0.5, 0.6) is 11.5 Å². The molecule has 0 radical (unpaired) electrons. The topological polar surface area (TPSA) is 53.4 Å². The highest BCUT2D eigenvalue weighted by molar-refractivity contribution is 7.21. The van der Waals surface area contributed by atoms with Crippen molar-refractivity contribution >= 4 is 21.6 Å². The van der Waals surface area contributed by atoms with Crippen molar-refractivity contribution in [3.8, 4) is 21.9 Å². The Hall–Kier alpha value is -3.12. The second-order valence-corrected chi connectivity index (χ2v) is 7.43. The molecule has 2 aromatic heterocycles. The summed E-state index contributed by atoms with van der Waals surface area (Å²) >= 11 is 1.53. The standard InChI is InChI=1S/C21H16N2O3S/c24-21-16-10-19(14-6-2-1-3-7-14)27-20(16)22-13-23(21)11-15-12-25-17-8-4-5-9-18(17)26-15/h1-10,13,15H,11-12H2. The molecule has 27 heavy (non-hydrogen) atoms. The third-order valence-corrected chi connectivity index (χ3v) is 5.64. The lowest BCUT2D eigenvalue weighted by molar-refractivity contribution is 0.0777. The average Bonchev–Trinajstić information content (AvgIpc) is 3.16. The molecule has 0 amide bonds. The van der Waals surface area contributed by atoms with E-state index in [-0.39, 0.29) is 11.7 Å². The molecule has 0 bridgehead atoms. The molecule has 4 aromatic rings. The van der Waals surface area contributed by atoms with E-state index in [0.717, 1.165) is 21.0 Å². The van der Waals surface area contributed by atoms with Crippen molar-refractivity contribution in [1.29, 1.82) is 0 Å². The lowest BCUT2D eigenvalue weighted by Gasteiger charge is -2.26. The Morgan fingerprint density at radius 2 is 1.85 bits per heavy atom. The van der Waals surface area contributed by atoms with Gasteiger partial charge in [0.05, 0.1) is 18.3 Å². The fourth-order valence-corrected chi connectivity index (χ4v) is 4.20. The van der Waals surface area contributed by atoms with E-state index in [0.29, 0.717) is 24.3 Å². The normalized spacial score (nSPS) is 15.8. The highest BCUT2D eigenvalue weighted by atomic mass is 32.1. The molecule has 3 heterocycles. The van der Waals surface area contributed by atoms with Crippen molar-refractivity contribution in [2.24, 2.45) is 0 Å². The smallest absolute Gasteiger partial charge is 0.262 e. The van der Waals surface area contributed by atoms with E-state index in [1.54, 1.807) is 10.9 Å². The first-order valence-electron chi connectivity index (χ1n) is 8.71. The van der Waals surface area contributed by atoms with Crippen LogP contribution in [0, 0.1) is 0 Å². The molecular weight excluding hydrogens is 360 g/mol. The van der Waals surface area contributed by atoms with Gasteiger partial charge in [-0.25, -0.2) is 4.98 Å². The van der Waals surface area contributed by atoms with Crippen molar-refractivity contribution in [2.75, 3.05) is 6.61 Å². The van der Waals surface area contributed by atoms with E-state index in [9.17, 15) is 4.79 Å². The van der Waals surface area contributed by atoms with Crippen LogP contribution >= 0.6 is 11.3 Å². The van der Waals surface area contributed by atoms with E-state index in [1.165, 1.54) is 11.3 Å². The molecule has 2 aromatic carbocycles. The summed E-state index contributed by atoms with van der Waals surface area (Å²) in [4.78, 5) is 19.2. The lowest BCUT2D eigenvalue weighted by atomic mass is 10.2. The van der Waals surface area contributed by atoms with Crippen LogP contribution in [0.15, 0.2) is 71.8 Å². The average molecular weight is 376 g/mol. The molecule has 0 saturated carbocycles. The third kappa shape index (κ3) is 2.98. The fourth-order valence-electron chi connectivity index (χ4n) is 3.21. The van der Waals surface area contributed by atoms with Crippen LogP contribution in [0.4, 0.5) is 0 Å². The predicted molar refractivity (Wildman–Crippen MR) is 106 cm³/mol. The molecule has 6 heteroatoms. The van der Waals surface area contributed by atoms with Crippen molar-refractivity contribution in [3.63, 3.8) is 0 Å². The number of fused-ring (bicyclic) bond motifs is 2. The number of para-hydroxylation sites is 2. The van der Waals surface area contributed by atoms with Crippen LogP contribution in [0.3, 0.4) is 0 Å². The number of benzene rings is 2. The molecule has 5 nitrogen and oxygen atoms in total. The number of rotatable bonds is 3. The van der Waals surface area contributed by atoms with Crippen LogP contribution in [0.1, 0.15) is 0 Å². The van der Waals surface area contributed by atoms with Crippen LogP contribution in [-0.4, -0.2) is 22.3 Å². The SMILES string of the molecule is O=c1c2cc(-c3ccccc3)sc2ncn1CC1COc2ccccc2O1. The fraction of sp³-hybridized carbons (Fsp3) is 0.143. The van der Waals surface area contributed by atoms with E-state index in [2.05, 4.69) is 4.98 Å². The van der Waals surface area contributed by atoms with E-state index in [1.807, 2.05) is 60.7 Å². The second kappa shape index (κ2) is 6.55. The summed E-state index contributed by atoms with van der Waals surface area (Å²) in [6.07, 6.45) is 1.36. The van der Waals surface area contributed by atoms with Gasteiger partial charge < -0.3 is 9.47 Å². The summed E-state index contributed by atoms with van der Waals surface area (Å²) in [5, 5.41) is 0.637. The molecule has 0 N–H and O–H groups in total. The number of thiophene rings is 1. The first-order valence-corrected chi connectivity index (χ1v) is 9.52. The van der Waals surface area contributed by atoms with E-state index >= 15 is 0 Å². The Bertz CT molecular complexity index is 1170. The zero-order valence-electron chi connectivity index (χ0n) is 14.4. The van der Waals surface area contributed by atoms with Crippen LogP contribution in [-0.2, 0) is 6.54 Å². The molecule has 1 atom stereocenters. The highest BCUT2D eigenvalue weighted by Crippen LogP contribution is 2.32. The molecular formula is C21H16N2O3S. The van der Waals surface area contributed by atoms with Gasteiger partial charge in [-0.3, -0.25) is 9.36 Å². The molecule has 1 unspecified atom stereocenters. The number of ether oxygens (including phenoxy) is 2. The summed E-state index contributed by atoms with van der Waals surface area (Å²) in [7, 11) is 0. The van der Waals surface area contributed by atoms with Crippen molar-refractivity contribution < 1.29 is 9.47 Å². The van der Waals surface area contributed by atoms with Gasteiger partial charge in [0.15, 0.2) is 17.6 Å². The maximum Gasteiger partial charge on any atom is 0.262 e. The highest BCUT2D eigenvalue weighted by Gasteiger charge is 2.22. The Morgan fingerprint density at radius 1 is 1.07 bits per heavy atom. The van der Waals surface area contributed by atoms with Gasteiger partial charge in [0.25, 0.3) is 5.56 Å². The zero-order valence-corrected chi connectivity index (χ0v) is 15.2. The molecule has 0 aliphatic carbocycles. The van der Waals surface area contributed by atoms with Gasteiger partial charge in [0.1, 0.15) is 11.4 Å². The third-order valence-electron chi connectivity index (χ3n) is 4.54. The van der Waals surface area contributed by atoms with E-state index in [4.69, 9.17) is 9.47 Å². The van der Waals surface area contributed by atoms with Gasteiger partial charge in [-0.1, -0.05) is 42.5 Å². The van der Waals surface area contributed by atoms with E-state index < -0.39 is 0 Å². The van der Waals surface area contributed by atoms with Gasteiger partial charge >= 0.3 is 0 Å². The molecule has 1 aliphatic heterocycles. The molecule has 134 valence electrons. The minimum atomic E-state index is -0.232. The quantitative estimate of drug-likeness (QED) is 0.543. The number of hydrogen-bond donors (Lipinski definition) is 0. The van der Waals surface area contributed by atoms with Crippen LogP contribution < -0.4 is 15.0 Å². The monoisotopic (exact) mass is 376 g/mol. The lowest BCUT2D eigenvalue weighted by Crippen LogP contribution is -2.36. The molecule has 0 saturated heterocycles. The number of nitrogens with zero attached hydrogens (tertiary/aromatic N) is 2. The molecule has 0 fully saturated rings. The summed E-state index contributed by atoms with van der Waals surface area (Å²) in [5.41, 5.74) is 1.04. The molecule has 1 aliphatic rings. The first-order chi connectivity index (χ1) is 13.3. The summed E-state index contributed by atoms with van der Waals surface area (Å²) in [6, 6.07) is 19.5.